The number of halogens is 1. The molecule has 0 amide bonds. The molecule has 2 aromatic rings. The third-order valence-electron chi connectivity index (χ3n) is 2.59. The smallest absolute Gasteiger partial charge is 0.165 e. The van der Waals surface area contributed by atoms with Crippen LogP contribution in [0.2, 0.25) is 0 Å². The van der Waals surface area contributed by atoms with Crippen molar-refractivity contribution < 1.29 is 9.50 Å². The molecule has 1 heterocycles. The molecule has 0 radical (unpaired) electrons. The maximum atomic E-state index is 13.0. The number of nitrogens with zero attached hydrogens (tertiary/aromatic N) is 2. The van der Waals surface area contributed by atoms with Gasteiger partial charge in [0.25, 0.3) is 0 Å². The van der Waals surface area contributed by atoms with Gasteiger partial charge in [0.2, 0.25) is 0 Å². The van der Waals surface area contributed by atoms with Gasteiger partial charge < -0.3 is 15.0 Å². The van der Waals surface area contributed by atoms with E-state index in [2.05, 4.69) is 10.3 Å². The Bertz CT molecular complexity index is 510. The normalized spacial score (nSPS) is 10.7. The van der Waals surface area contributed by atoms with Crippen LogP contribution in [0, 0.1) is 5.82 Å². The van der Waals surface area contributed by atoms with Gasteiger partial charge in [0.1, 0.15) is 5.82 Å². The molecule has 17 heavy (non-hydrogen) atoms. The van der Waals surface area contributed by atoms with E-state index in [4.69, 9.17) is 0 Å². The van der Waals surface area contributed by atoms with Crippen molar-refractivity contribution in [3.8, 4) is 5.75 Å². The summed E-state index contributed by atoms with van der Waals surface area (Å²) < 4.78 is 15.0. The SMILES string of the molecule is Cn1ccnc1CNCc1cccc(F)c1O. The lowest BCUT2D eigenvalue weighted by Crippen LogP contribution is -2.15. The molecule has 0 atom stereocenters. The summed E-state index contributed by atoms with van der Waals surface area (Å²) in [4.78, 5) is 4.15. The van der Waals surface area contributed by atoms with Crippen molar-refractivity contribution in [3.63, 3.8) is 0 Å². The Morgan fingerprint density at radius 3 is 2.94 bits per heavy atom. The molecule has 0 spiro atoms. The molecule has 0 aliphatic heterocycles. The Balaban J connectivity index is 1.95. The molecule has 1 aromatic heterocycles. The van der Waals surface area contributed by atoms with E-state index in [-0.39, 0.29) is 5.75 Å². The lowest BCUT2D eigenvalue weighted by Gasteiger charge is -2.07. The number of para-hydroxylation sites is 1. The van der Waals surface area contributed by atoms with Gasteiger partial charge in [0, 0.05) is 31.5 Å². The van der Waals surface area contributed by atoms with Gasteiger partial charge in [0.15, 0.2) is 11.6 Å². The molecular weight excluding hydrogens is 221 g/mol. The lowest BCUT2D eigenvalue weighted by atomic mass is 10.2. The highest BCUT2D eigenvalue weighted by molar-refractivity contribution is 5.33. The predicted octanol–water partition coefficient (Wildman–Crippen LogP) is 1.55. The minimum atomic E-state index is -0.596. The van der Waals surface area contributed by atoms with E-state index in [0.29, 0.717) is 18.7 Å². The van der Waals surface area contributed by atoms with E-state index < -0.39 is 5.82 Å². The molecule has 0 aliphatic rings. The first kappa shape index (κ1) is 11.6. The van der Waals surface area contributed by atoms with Crippen LogP contribution in [0.4, 0.5) is 4.39 Å². The maximum absolute atomic E-state index is 13.0. The lowest BCUT2D eigenvalue weighted by molar-refractivity contribution is 0.423. The molecule has 5 heteroatoms. The first-order valence-electron chi connectivity index (χ1n) is 5.31. The maximum Gasteiger partial charge on any atom is 0.165 e. The van der Waals surface area contributed by atoms with Crippen molar-refractivity contribution in [2.45, 2.75) is 13.1 Å². The topological polar surface area (TPSA) is 50.1 Å². The number of hydrogen-bond acceptors (Lipinski definition) is 3. The second-order valence-electron chi connectivity index (χ2n) is 3.81. The van der Waals surface area contributed by atoms with Crippen LogP contribution in [-0.2, 0) is 20.1 Å². The van der Waals surface area contributed by atoms with Crippen molar-refractivity contribution in [3.05, 3.63) is 47.8 Å². The van der Waals surface area contributed by atoms with Gasteiger partial charge in [-0.1, -0.05) is 12.1 Å². The summed E-state index contributed by atoms with van der Waals surface area (Å²) in [6.45, 7) is 0.968. The molecule has 0 unspecified atom stereocenters. The number of imidazole rings is 1. The molecule has 0 saturated carbocycles. The number of nitrogens with one attached hydrogen (secondary N) is 1. The van der Waals surface area contributed by atoms with E-state index in [1.54, 1.807) is 18.3 Å². The Morgan fingerprint density at radius 2 is 2.24 bits per heavy atom. The van der Waals surface area contributed by atoms with E-state index >= 15 is 0 Å². The van der Waals surface area contributed by atoms with Gasteiger partial charge in [0.05, 0.1) is 6.54 Å². The third-order valence-corrected chi connectivity index (χ3v) is 2.59. The van der Waals surface area contributed by atoms with Crippen LogP contribution in [0.1, 0.15) is 11.4 Å². The zero-order chi connectivity index (χ0) is 12.3. The molecule has 0 bridgehead atoms. The van der Waals surface area contributed by atoms with E-state index in [9.17, 15) is 9.50 Å². The quantitative estimate of drug-likeness (QED) is 0.845. The summed E-state index contributed by atoms with van der Waals surface area (Å²) in [6, 6.07) is 4.49. The Labute approximate surface area is 98.7 Å². The molecule has 0 fully saturated rings. The van der Waals surface area contributed by atoms with Crippen molar-refractivity contribution in [2.24, 2.45) is 7.05 Å². The highest BCUT2D eigenvalue weighted by Gasteiger charge is 2.06. The number of rotatable bonds is 4. The molecular formula is C12H14FN3O. The summed E-state index contributed by atoms with van der Waals surface area (Å²) in [6.07, 6.45) is 3.58. The molecule has 90 valence electrons. The average Bonchev–Trinajstić information content (AvgIpc) is 2.71. The predicted molar refractivity (Wildman–Crippen MR) is 61.8 cm³/mol. The zero-order valence-electron chi connectivity index (χ0n) is 9.52. The standard InChI is InChI=1S/C12H14FN3O/c1-16-6-5-15-11(16)8-14-7-9-3-2-4-10(13)12(9)17/h2-6,14,17H,7-8H2,1H3. The number of aryl methyl sites for hydroxylation is 1. The number of hydrogen-bond donors (Lipinski definition) is 2. The first-order valence-corrected chi connectivity index (χ1v) is 5.31. The summed E-state index contributed by atoms with van der Waals surface area (Å²) >= 11 is 0. The Morgan fingerprint density at radius 1 is 1.41 bits per heavy atom. The zero-order valence-corrected chi connectivity index (χ0v) is 9.52. The van der Waals surface area contributed by atoms with Gasteiger partial charge in [-0.3, -0.25) is 0 Å². The van der Waals surface area contributed by atoms with Crippen molar-refractivity contribution in [1.29, 1.82) is 0 Å². The molecule has 1 aromatic carbocycles. The van der Waals surface area contributed by atoms with Crippen LogP contribution in [0.25, 0.3) is 0 Å². The van der Waals surface area contributed by atoms with Crippen LogP contribution in [0.5, 0.6) is 5.75 Å². The van der Waals surface area contributed by atoms with E-state index in [1.165, 1.54) is 6.07 Å². The highest BCUT2D eigenvalue weighted by Crippen LogP contribution is 2.20. The Kier molecular flexibility index (Phi) is 3.39. The van der Waals surface area contributed by atoms with Crippen molar-refractivity contribution in [1.82, 2.24) is 14.9 Å². The number of aromatic nitrogens is 2. The van der Waals surface area contributed by atoms with Crippen LogP contribution < -0.4 is 5.32 Å². The summed E-state index contributed by atoms with van der Waals surface area (Å²) in [5, 5.41) is 12.6. The minimum Gasteiger partial charge on any atom is -0.505 e. The van der Waals surface area contributed by atoms with Crippen LogP contribution in [0.3, 0.4) is 0 Å². The largest absolute Gasteiger partial charge is 0.505 e. The number of phenolic OH excluding ortho intramolecular Hbond substituents is 1. The van der Waals surface area contributed by atoms with E-state index in [1.807, 2.05) is 17.8 Å². The summed E-state index contributed by atoms with van der Waals surface area (Å²) in [5.41, 5.74) is 0.541. The monoisotopic (exact) mass is 235 g/mol. The summed E-state index contributed by atoms with van der Waals surface area (Å²) in [5.74, 6) is 0.00187. The molecule has 0 aliphatic carbocycles. The fourth-order valence-electron chi connectivity index (χ4n) is 1.58. The van der Waals surface area contributed by atoms with Gasteiger partial charge in [-0.2, -0.15) is 0 Å². The van der Waals surface area contributed by atoms with Gasteiger partial charge in [-0.25, -0.2) is 9.37 Å². The number of aromatic hydroxyl groups is 1. The molecule has 0 saturated heterocycles. The average molecular weight is 235 g/mol. The van der Waals surface area contributed by atoms with Crippen molar-refractivity contribution >= 4 is 0 Å². The van der Waals surface area contributed by atoms with Gasteiger partial charge in [-0.15, -0.1) is 0 Å². The second-order valence-corrected chi connectivity index (χ2v) is 3.81. The fourth-order valence-corrected chi connectivity index (χ4v) is 1.58. The molecule has 2 N–H and O–H groups in total. The number of benzene rings is 1. The minimum absolute atomic E-state index is 0.292. The fraction of sp³-hybridized carbons (Fsp3) is 0.250. The third kappa shape index (κ3) is 2.62. The second kappa shape index (κ2) is 4.97. The van der Waals surface area contributed by atoms with Crippen LogP contribution in [0.15, 0.2) is 30.6 Å². The van der Waals surface area contributed by atoms with Crippen LogP contribution >= 0.6 is 0 Å². The Hall–Kier alpha value is -1.88. The van der Waals surface area contributed by atoms with E-state index in [0.717, 1.165) is 5.82 Å². The highest BCUT2D eigenvalue weighted by atomic mass is 19.1. The van der Waals surface area contributed by atoms with Crippen molar-refractivity contribution in [2.75, 3.05) is 0 Å². The van der Waals surface area contributed by atoms with Crippen LogP contribution in [-0.4, -0.2) is 14.7 Å². The first-order chi connectivity index (χ1) is 8.18. The van der Waals surface area contributed by atoms with Gasteiger partial charge in [-0.05, 0) is 6.07 Å². The summed E-state index contributed by atoms with van der Waals surface area (Å²) in [7, 11) is 1.91. The molecule has 2 rings (SSSR count). The van der Waals surface area contributed by atoms with Gasteiger partial charge >= 0.3 is 0 Å². The molecule has 4 nitrogen and oxygen atoms in total. The number of phenols is 1.